The fourth-order valence-electron chi connectivity index (χ4n) is 2.40. The molecule has 3 heteroatoms. The van der Waals surface area contributed by atoms with Gasteiger partial charge in [0, 0.05) is 22.1 Å². The van der Waals surface area contributed by atoms with Crippen molar-refractivity contribution in [1.29, 1.82) is 0 Å². The predicted molar refractivity (Wildman–Crippen MR) is 90.2 cm³/mol. The second kappa shape index (κ2) is 6.59. The quantitative estimate of drug-likeness (QED) is 0.793. The van der Waals surface area contributed by atoms with Crippen LogP contribution in [0.1, 0.15) is 26.7 Å². The van der Waals surface area contributed by atoms with Gasteiger partial charge in [-0.25, -0.2) is 0 Å². The van der Waals surface area contributed by atoms with E-state index in [9.17, 15) is 5.11 Å². The van der Waals surface area contributed by atoms with E-state index >= 15 is 0 Å². The standard InChI is InChI=1S/C17H22BrNO/c1-3-17(4-2,12-20)11-19-16-8-6-13-9-15(18)7-5-14(13)10-16/h5-10,19-20H,3-4,11-12H2,1-2H3. The molecule has 20 heavy (non-hydrogen) atoms. The van der Waals surface area contributed by atoms with Crippen molar-refractivity contribution in [3.8, 4) is 0 Å². The van der Waals surface area contributed by atoms with Crippen LogP contribution >= 0.6 is 15.9 Å². The number of halogens is 1. The highest BCUT2D eigenvalue weighted by Gasteiger charge is 2.24. The SMILES string of the molecule is CCC(CC)(CO)CNc1ccc2cc(Br)ccc2c1. The van der Waals surface area contributed by atoms with Crippen LogP contribution in [0.4, 0.5) is 5.69 Å². The van der Waals surface area contributed by atoms with Crippen LogP contribution < -0.4 is 5.32 Å². The highest BCUT2D eigenvalue weighted by molar-refractivity contribution is 9.10. The zero-order valence-electron chi connectivity index (χ0n) is 12.1. The Hall–Kier alpha value is -1.06. The molecule has 2 rings (SSSR count). The van der Waals surface area contributed by atoms with Gasteiger partial charge in [0.05, 0.1) is 6.61 Å². The maximum absolute atomic E-state index is 9.61. The molecule has 0 aliphatic carbocycles. The molecule has 108 valence electrons. The summed E-state index contributed by atoms with van der Waals surface area (Å²) >= 11 is 3.49. The molecule has 0 fully saturated rings. The molecule has 0 bridgehead atoms. The molecule has 0 unspecified atom stereocenters. The number of hydrogen-bond donors (Lipinski definition) is 2. The van der Waals surface area contributed by atoms with Crippen molar-refractivity contribution in [2.45, 2.75) is 26.7 Å². The molecule has 2 nitrogen and oxygen atoms in total. The third-order valence-electron chi connectivity index (χ3n) is 4.31. The molecule has 0 saturated heterocycles. The van der Waals surface area contributed by atoms with Gasteiger partial charge in [-0.2, -0.15) is 0 Å². The molecule has 2 aromatic rings. The Kier molecular flexibility index (Phi) is 5.06. The van der Waals surface area contributed by atoms with Gasteiger partial charge in [0.2, 0.25) is 0 Å². The maximum Gasteiger partial charge on any atom is 0.0504 e. The summed E-state index contributed by atoms with van der Waals surface area (Å²) < 4.78 is 1.10. The van der Waals surface area contributed by atoms with Crippen molar-refractivity contribution in [3.05, 3.63) is 40.9 Å². The number of aliphatic hydroxyl groups is 1. The normalized spacial score (nSPS) is 11.8. The molecule has 0 saturated carbocycles. The van der Waals surface area contributed by atoms with E-state index in [0.717, 1.165) is 29.5 Å². The highest BCUT2D eigenvalue weighted by atomic mass is 79.9. The fourth-order valence-corrected chi connectivity index (χ4v) is 2.77. The number of aliphatic hydroxyl groups excluding tert-OH is 1. The van der Waals surface area contributed by atoms with E-state index in [4.69, 9.17) is 0 Å². The molecule has 0 atom stereocenters. The van der Waals surface area contributed by atoms with Crippen LogP contribution in [0.2, 0.25) is 0 Å². The lowest BCUT2D eigenvalue weighted by Crippen LogP contribution is -2.32. The summed E-state index contributed by atoms with van der Waals surface area (Å²) in [6, 6.07) is 12.7. The van der Waals surface area contributed by atoms with Gasteiger partial charge >= 0.3 is 0 Å². The first-order valence-corrected chi connectivity index (χ1v) is 7.96. The van der Waals surface area contributed by atoms with Gasteiger partial charge in [-0.1, -0.05) is 41.9 Å². The van der Waals surface area contributed by atoms with Gasteiger partial charge in [-0.15, -0.1) is 0 Å². The Morgan fingerprint density at radius 2 is 1.70 bits per heavy atom. The van der Waals surface area contributed by atoms with Crippen molar-refractivity contribution >= 4 is 32.4 Å². The van der Waals surface area contributed by atoms with Crippen LogP contribution in [0, 0.1) is 5.41 Å². The summed E-state index contributed by atoms with van der Waals surface area (Å²) in [5.74, 6) is 0. The Bertz CT molecular complexity index is 570. The molecule has 0 aliphatic rings. The summed E-state index contributed by atoms with van der Waals surface area (Å²) in [5, 5.41) is 15.5. The van der Waals surface area contributed by atoms with E-state index in [1.807, 2.05) is 0 Å². The fraction of sp³-hybridized carbons (Fsp3) is 0.412. The second-order valence-electron chi connectivity index (χ2n) is 5.43. The van der Waals surface area contributed by atoms with E-state index in [2.05, 4.69) is 71.5 Å². The topological polar surface area (TPSA) is 32.3 Å². The molecule has 0 amide bonds. The average Bonchev–Trinajstić information content (AvgIpc) is 2.49. The van der Waals surface area contributed by atoms with Crippen LogP contribution in [-0.2, 0) is 0 Å². The third-order valence-corrected chi connectivity index (χ3v) is 4.80. The Labute approximate surface area is 129 Å². The summed E-state index contributed by atoms with van der Waals surface area (Å²) in [4.78, 5) is 0. The summed E-state index contributed by atoms with van der Waals surface area (Å²) in [6.45, 7) is 5.31. The van der Waals surface area contributed by atoms with Crippen LogP contribution in [0.5, 0.6) is 0 Å². The molecule has 0 aromatic heterocycles. The first-order valence-electron chi connectivity index (χ1n) is 7.16. The van der Waals surface area contributed by atoms with Crippen molar-refractivity contribution in [2.24, 2.45) is 5.41 Å². The van der Waals surface area contributed by atoms with Gasteiger partial charge in [0.25, 0.3) is 0 Å². The first-order chi connectivity index (χ1) is 9.62. The molecule has 0 aliphatic heterocycles. The molecule has 0 heterocycles. The van der Waals surface area contributed by atoms with E-state index in [1.54, 1.807) is 0 Å². The Morgan fingerprint density at radius 3 is 2.35 bits per heavy atom. The zero-order valence-corrected chi connectivity index (χ0v) is 13.7. The van der Waals surface area contributed by atoms with Gasteiger partial charge < -0.3 is 10.4 Å². The lowest BCUT2D eigenvalue weighted by atomic mass is 9.83. The third kappa shape index (κ3) is 3.33. The minimum absolute atomic E-state index is 0.0192. The van der Waals surface area contributed by atoms with Crippen LogP contribution in [0.25, 0.3) is 10.8 Å². The number of anilines is 1. The summed E-state index contributed by atoms with van der Waals surface area (Å²) in [7, 11) is 0. The summed E-state index contributed by atoms with van der Waals surface area (Å²) in [6.07, 6.45) is 1.96. The highest BCUT2D eigenvalue weighted by Crippen LogP contribution is 2.27. The molecule has 0 radical (unpaired) electrons. The lowest BCUT2D eigenvalue weighted by molar-refractivity contribution is 0.127. The second-order valence-corrected chi connectivity index (χ2v) is 6.34. The smallest absolute Gasteiger partial charge is 0.0504 e. The number of rotatable bonds is 6. The number of hydrogen-bond acceptors (Lipinski definition) is 2. The number of fused-ring (bicyclic) bond motifs is 1. The molecule has 2 N–H and O–H groups in total. The number of benzene rings is 2. The van der Waals surface area contributed by atoms with Gasteiger partial charge in [0.1, 0.15) is 0 Å². The molecule has 0 spiro atoms. The van der Waals surface area contributed by atoms with Crippen LogP contribution in [0.3, 0.4) is 0 Å². The average molecular weight is 336 g/mol. The van der Waals surface area contributed by atoms with Gasteiger partial charge in [0.15, 0.2) is 0 Å². The van der Waals surface area contributed by atoms with E-state index in [-0.39, 0.29) is 12.0 Å². The van der Waals surface area contributed by atoms with Crippen LogP contribution in [0.15, 0.2) is 40.9 Å². The van der Waals surface area contributed by atoms with Crippen molar-refractivity contribution in [1.82, 2.24) is 0 Å². The van der Waals surface area contributed by atoms with Crippen molar-refractivity contribution < 1.29 is 5.11 Å². The summed E-state index contributed by atoms with van der Waals surface area (Å²) in [5.41, 5.74) is 1.09. The van der Waals surface area contributed by atoms with Crippen molar-refractivity contribution in [2.75, 3.05) is 18.5 Å². The zero-order chi connectivity index (χ0) is 14.6. The largest absolute Gasteiger partial charge is 0.396 e. The van der Waals surface area contributed by atoms with E-state index in [1.165, 1.54) is 10.8 Å². The van der Waals surface area contributed by atoms with Crippen LogP contribution in [-0.4, -0.2) is 18.3 Å². The van der Waals surface area contributed by atoms with E-state index < -0.39 is 0 Å². The molecule has 2 aromatic carbocycles. The lowest BCUT2D eigenvalue weighted by Gasteiger charge is -2.30. The molecular weight excluding hydrogens is 314 g/mol. The van der Waals surface area contributed by atoms with Crippen molar-refractivity contribution in [3.63, 3.8) is 0 Å². The molecular formula is C17H22BrNO. The van der Waals surface area contributed by atoms with E-state index in [0.29, 0.717) is 0 Å². The minimum Gasteiger partial charge on any atom is -0.396 e. The van der Waals surface area contributed by atoms with Gasteiger partial charge in [-0.05, 0) is 47.9 Å². The maximum atomic E-state index is 9.61. The monoisotopic (exact) mass is 335 g/mol. The Morgan fingerprint density at radius 1 is 1.05 bits per heavy atom. The number of nitrogens with one attached hydrogen (secondary N) is 1. The van der Waals surface area contributed by atoms with Gasteiger partial charge in [-0.3, -0.25) is 0 Å². The first kappa shape index (κ1) is 15.3. The predicted octanol–water partition coefficient (Wildman–Crippen LogP) is 4.81. The Balaban J connectivity index is 2.16. The minimum atomic E-state index is -0.0192.